The average Bonchev–Trinajstić information content (AvgIpc) is 3.40. The summed E-state index contributed by atoms with van der Waals surface area (Å²) in [5.74, 6) is 2.44. The molecule has 1 aliphatic heterocycles. The van der Waals surface area contributed by atoms with Gasteiger partial charge in [-0.25, -0.2) is 13.4 Å². The van der Waals surface area contributed by atoms with Crippen LogP contribution < -0.4 is 20.1 Å². The number of nitrogens with one attached hydrogen (secondary N) is 2. The number of hydrogen-bond acceptors (Lipinski definition) is 10. The van der Waals surface area contributed by atoms with Crippen LogP contribution >= 0.6 is 11.6 Å². The molecule has 5 rings (SSSR count). The third-order valence-electron chi connectivity index (χ3n) is 6.84. The molecule has 39 heavy (non-hydrogen) atoms. The highest BCUT2D eigenvalue weighted by molar-refractivity contribution is 7.92. The third kappa shape index (κ3) is 5.92. The fraction of sp³-hybridized carbons (Fsp3) is 0.500. The smallest absolute Gasteiger partial charge is 0.229 e. The van der Waals surface area contributed by atoms with E-state index in [9.17, 15) is 8.42 Å². The lowest BCUT2D eigenvalue weighted by molar-refractivity contribution is 0.0381. The van der Waals surface area contributed by atoms with Crippen LogP contribution in [0.2, 0.25) is 5.02 Å². The van der Waals surface area contributed by atoms with Gasteiger partial charge in [-0.05, 0) is 51.8 Å². The molecule has 210 valence electrons. The van der Waals surface area contributed by atoms with Crippen LogP contribution in [0.15, 0.2) is 29.6 Å². The fourth-order valence-electron chi connectivity index (χ4n) is 4.25. The molecule has 0 spiro atoms. The summed E-state index contributed by atoms with van der Waals surface area (Å²) in [6.07, 6.45) is 4.32. The number of ether oxygens (including phenoxy) is 2. The summed E-state index contributed by atoms with van der Waals surface area (Å²) in [7, 11) is 0.0786. The predicted molar refractivity (Wildman–Crippen MR) is 150 cm³/mol. The van der Waals surface area contributed by atoms with E-state index in [4.69, 9.17) is 21.1 Å². The quantitative estimate of drug-likeness (QED) is 0.361. The molecule has 13 heteroatoms. The molecular formula is C26H34ClN7O4S. The number of anilines is 4. The maximum Gasteiger partial charge on any atom is 0.229 e. The summed E-state index contributed by atoms with van der Waals surface area (Å²) >= 11 is 6.40. The lowest BCUT2D eigenvalue weighted by Crippen LogP contribution is -2.51. The Kier molecular flexibility index (Phi) is 7.38. The Morgan fingerprint density at radius 1 is 1.10 bits per heavy atom. The summed E-state index contributed by atoms with van der Waals surface area (Å²) < 4.78 is 39.6. The van der Waals surface area contributed by atoms with Crippen LogP contribution in [0.5, 0.6) is 11.5 Å². The molecule has 1 aliphatic carbocycles. The van der Waals surface area contributed by atoms with E-state index in [1.807, 2.05) is 19.1 Å². The minimum atomic E-state index is -3.64. The number of halogens is 1. The molecule has 2 N–H and O–H groups in total. The molecule has 2 atom stereocenters. The third-order valence-corrected chi connectivity index (χ3v) is 9.20. The van der Waals surface area contributed by atoms with Gasteiger partial charge in [0.15, 0.2) is 5.82 Å². The normalized spacial score (nSPS) is 19.6. The Morgan fingerprint density at radius 3 is 2.46 bits per heavy atom. The van der Waals surface area contributed by atoms with Crippen molar-refractivity contribution >= 4 is 44.6 Å². The fourth-order valence-corrected chi connectivity index (χ4v) is 5.49. The Hall–Kier alpha value is -3.09. The Labute approximate surface area is 233 Å². The van der Waals surface area contributed by atoms with Crippen molar-refractivity contribution in [3.05, 3.63) is 35.1 Å². The van der Waals surface area contributed by atoms with Crippen molar-refractivity contribution in [1.82, 2.24) is 24.6 Å². The molecule has 3 heterocycles. The topological polar surface area (TPSA) is 124 Å². The first-order valence-corrected chi connectivity index (χ1v) is 14.8. The number of hydrogen-bond donors (Lipinski definition) is 2. The van der Waals surface area contributed by atoms with Crippen LogP contribution in [-0.4, -0.2) is 70.7 Å². The standard InChI is InChI=1S/C26H34ClN7O4S/c1-14(2)39(35,36)25-20(13-34(6)32-25)29-24-18(27)10-28-26(31-24)30-19-7-15(3)22(37-17-11-33(5)12-17)9-23(19)38-21-8-16(21)4/h7,9-10,13-14,16-17,21H,8,11-12H2,1-6H3,(H2,28,29,30,31)/t16-,21?/m1/s1. The highest BCUT2D eigenvalue weighted by atomic mass is 35.5. The Balaban J connectivity index is 1.42. The molecule has 0 amide bonds. The molecule has 2 fully saturated rings. The molecule has 1 aromatic carbocycles. The second kappa shape index (κ2) is 10.5. The van der Waals surface area contributed by atoms with Crippen molar-refractivity contribution in [1.29, 1.82) is 0 Å². The van der Waals surface area contributed by atoms with Crippen LogP contribution in [0.25, 0.3) is 0 Å². The number of aromatic nitrogens is 4. The number of rotatable bonds is 10. The summed E-state index contributed by atoms with van der Waals surface area (Å²) in [4.78, 5) is 11.1. The summed E-state index contributed by atoms with van der Waals surface area (Å²) in [5, 5.41) is 9.96. The van der Waals surface area contributed by atoms with Gasteiger partial charge in [0.1, 0.15) is 28.7 Å². The van der Waals surface area contributed by atoms with Crippen molar-refractivity contribution < 1.29 is 17.9 Å². The van der Waals surface area contributed by atoms with Crippen LogP contribution in [0.1, 0.15) is 32.8 Å². The van der Waals surface area contributed by atoms with Gasteiger partial charge in [-0.1, -0.05) is 18.5 Å². The molecule has 1 saturated heterocycles. The largest absolute Gasteiger partial charge is 0.488 e. The first-order chi connectivity index (χ1) is 18.4. The highest BCUT2D eigenvalue weighted by Gasteiger charge is 2.36. The molecule has 1 unspecified atom stereocenters. The van der Waals surface area contributed by atoms with Gasteiger partial charge in [0.25, 0.3) is 0 Å². The maximum atomic E-state index is 12.8. The molecule has 0 radical (unpaired) electrons. The number of likely N-dealkylation sites (tertiary alicyclic amines) is 1. The van der Waals surface area contributed by atoms with E-state index in [0.717, 1.165) is 30.8 Å². The second-order valence-corrected chi connectivity index (χ2v) is 13.5. The number of benzene rings is 1. The van der Waals surface area contributed by atoms with Crippen molar-refractivity contribution in [3.63, 3.8) is 0 Å². The SMILES string of the molecule is Cc1cc(Nc2ncc(Cl)c(Nc3cn(C)nc3S(=O)(=O)C(C)C)n2)c(OC2C[C@H]2C)cc1OC1CN(C)C1. The van der Waals surface area contributed by atoms with Gasteiger partial charge in [-0.15, -0.1) is 0 Å². The summed E-state index contributed by atoms with van der Waals surface area (Å²) in [5.41, 5.74) is 1.93. The molecule has 2 aliphatic rings. The minimum Gasteiger partial charge on any atom is -0.488 e. The molecule has 11 nitrogen and oxygen atoms in total. The van der Waals surface area contributed by atoms with Gasteiger partial charge >= 0.3 is 0 Å². The van der Waals surface area contributed by atoms with E-state index in [-0.39, 0.29) is 39.7 Å². The monoisotopic (exact) mass is 575 g/mol. The van der Waals surface area contributed by atoms with Crippen molar-refractivity contribution in [3.8, 4) is 11.5 Å². The van der Waals surface area contributed by atoms with Gasteiger partial charge in [0.2, 0.25) is 20.8 Å². The molecule has 3 aromatic rings. The van der Waals surface area contributed by atoms with E-state index < -0.39 is 15.1 Å². The summed E-state index contributed by atoms with van der Waals surface area (Å²) in [6, 6.07) is 3.88. The zero-order chi connectivity index (χ0) is 28.1. The van der Waals surface area contributed by atoms with Gasteiger partial charge in [-0.2, -0.15) is 10.1 Å². The van der Waals surface area contributed by atoms with Gasteiger partial charge in [0, 0.05) is 32.4 Å². The molecule has 1 saturated carbocycles. The predicted octanol–water partition coefficient (Wildman–Crippen LogP) is 4.32. The number of likely N-dealkylation sites (N-methyl/N-ethyl adjacent to an activating group) is 1. The van der Waals surface area contributed by atoms with E-state index in [1.54, 1.807) is 27.1 Å². The summed E-state index contributed by atoms with van der Waals surface area (Å²) in [6.45, 7) is 9.14. The maximum absolute atomic E-state index is 12.8. The molecule has 0 bridgehead atoms. The first kappa shape index (κ1) is 27.5. The number of aryl methyl sites for hydroxylation is 2. The van der Waals surface area contributed by atoms with Crippen molar-refractivity contribution in [2.24, 2.45) is 13.0 Å². The van der Waals surface area contributed by atoms with E-state index in [1.165, 1.54) is 10.9 Å². The van der Waals surface area contributed by atoms with Crippen molar-refractivity contribution in [2.45, 2.75) is 56.6 Å². The number of nitrogens with zero attached hydrogens (tertiary/aromatic N) is 5. The molecule has 2 aromatic heterocycles. The molecular weight excluding hydrogens is 542 g/mol. The van der Waals surface area contributed by atoms with E-state index in [0.29, 0.717) is 17.4 Å². The van der Waals surface area contributed by atoms with E-state index in [2.05, 4.69) is 44.6 Å². The van der Waals surface area contributed by atoms with Gasteiger partial charge in [-0.3, -0.25) is 9.58 Å². The minimum absolute atomic E-state index is 0.0673. The van der Waals surface area contributed by atoms with Crippen LogP contribution in [-0.2, 0) is 16.9 Å². The van der Waals surface area contributed by atoms with E-state index >= 15 is 0 Å². The Bertz CT molecular complexity index is 1490. The second-order valence-electron chi connectivity index (χ2n) is 10.7. The lowest BCUT2D eigenvalue weighted by atomic mass is 10.1. The average molecular weight is 576 g/mol. The number of sulfone groups is 1. The van der Waals surface area contributed by atoms with Crippen LogP contribution in [0.4, 0.5) is 23.1 Å². The van der Waals surface area contributed by atoms with Gasteiger partial charge < -0.3 is 20.1 Å². The Morgan fingerprint density at radius 2 is 1.82 bits per heavy atom. The zero-order valence-electron chi connectivity index (χ0n) is 22.9. The highest BCUT2D eigenvalue weighted by Crippen LogP contribution is 2.41. The zero-order valence-corrected chi connectivity index (χ0v) is 24.5. The van der Waals surface area contributed by atoms with Crippen molar-refractivity contribution in [2.75, 3.05) is 30.8 Å². The van der Waals surface area contributed by atoms with Gasteiger partial charge in [0.05, 0.1) is 22.8 Å². The lowest BCUT2D eigenvalue weighted by Gasteiger charge is -2.36. The van der Waals surface area contributed by atoms with Crippen LogP contribution in [0, 0.1) is 12.8 Å². The first-order valence-electron chi connectivity index (χ1n) is 12.9. The van der Waals surface area contributed by atoms with Crippen LogP contribution in [0.3, 0.4) is 0 Å².